The third-order valence-corrected chi connectivity index (χ3v) is 4.68. The maximum Gasteiger partial charge on any atom is 0.208 e. The second kappa shape index (κ2) is 6.79. The fraction of sp³-hybridized carbons (Fsp3) is 0.625. The molecule has 1 aliphatic rings. The van der Waals surface area contributed by atoms with E-state index in [2.05, 4.69) is 41.7 Å². The van der Waals surface area contributed by atoms with E-state index in [-0.39, 0.29) is 0 Å². The molecule has 0 spiro atoms. The van der Waals surface area contributed by atoms with E-state index in [0.717, 1.165) is 25.9 Å². The lowest BCUT2D eigenvalue weighted by molar-refractivity contribution is 0.582. The molecule has 1 aromatic rings. The molecule has 1 N–H and O–H groups in total. The number of nitrogens with one attached hydrogen (secondary N) is 1. The van der Waals surface area contributed by atoms with Crippen molar-refractivity contribution < 1.29 is 8.42 Å². The van der Waals surface area contributed by atoms with Crippen molar-refractivity contribution in [2.75, 3.05) is 30.8 Å². The molecule has 0 amide bonds. The number of rotatable bonds is 6. The van der Waals surface area contributed by atoms with Gasteiger partial charge in [0.05, 0.1) is 6.26 Å². The van der Waals surface area contributed by atoms with E-state index in [1.165, 1.54) is 29.5 Å². The van der Waals surface area contributed by atoms with Crippen molar-refractivity contribution in [2.24, 2.45) is 0 Å². The first-order chi connectivity index (χ1) is 9.87. The van der Waals surface area contributed by atoms with Gasteiger partial charge in [-0.25, -0.2) is 13.1 Å². The highest BCUT2D eigenvalue weighted by molar-refractivity contribution is 7.88. The van der Waals surface area contributed by atoms with Gasteiger partial charge in [-0.1, -0.05) is 26.0 Å². The Balaban J connectivity index is 1.98. The van der Waals surface area contributed by atoms with Gasteiger partial charge in [0.25, 0.3) is 0 Å². The Morgan fingerprint density at radius 3 is 2.76 bits per heavy atom. The van der Waals surface area contributed by atoms with Crippen LogP contribution in [0.5, 0.6) is 0 Å². The van der Waals surface area contributed by atoms with E-state index in [1.54, 1.807) is 0 Å². The van der Waals surface area contributed by atoms with E-state index in [1.807, 2.05) is 0 Å². The number of fused-ring (bicyclic) bond motifs is 1. The minimum absolute atomic E-state index is 0.509. The Morgan fingerprint density at radius 2 is 2.10 bits per heavy atom. The second-order valence-electron chi connectivity index (χ2n) is 6.15. The van der Waals surface area contributed by atoms with Gasteiger partial charge in [0.2, 0.25) is 10.0 Å². The summed E-state index contributed by atoms with van der Waals surface area (Å²) in [5.74, 6) is 0.560. The van der Waals surface area contributed by atoms with Crippen LogP contribution in [0.2, 0.25) is 0 Å². The Bertz CT molecular complexity index is 582. The minimum atomic E-state index is -3.07. The monoisotopic (exact) mass is 310 g/mol. The summed E-state index contributed by atoms with van der Waals surface area (Å²) in [5, 5.41) is 0. The van der Waals surface area contributed by atoms with Crippen LogP contribution in [0.4, 0.5) is 5.69 Å². The molecule has 21 heavy (non-hydrogen) atoms. The van der Waals surface area contributed by atoms with Crippen LogP contribution < -0.4 is 9.62 Å². The summed E-state index contributed by atoms with van der Waals surface area (Å²) in [4.78, 5) is 2.38. The van der Waals surface area contributed by atoms with Crippen LogP contribution in [0.15, 0.2) is 18.2 Å². The molecular weight excluding hydrogens is 284 g/mol. The zero-order chi connectivity index (χ0) is 15.5. The van der Waals surface area contributed by atoms with Crippen molar-refractivity contribution in [1.29, 1.82) is 0 Å². The highest BCUT2D eigenvalue weighted by Gasteiger charge is 2.17. The number of hydrogen-bond donors (Lipinski definition) is 1. The first kappa shape index (κ1) is 16.3. The minimum Gasteiger partial charge on any atom is -0.371 e. The zero-order valence-electron chi connectivity index (χ0n) is 13.2. The van der Waals surface area contributed by atoms with E-state index in [0.29, 0.717) is 12.5 Å². The van der Waals surface area contributed by atoms with E-state index in [9.17, 15) is 8.42 Å². The number of sulfonamides is 1. The third-order valence-electron chi connectivity index (χ3n) is 3.95. The zero-order valence-corrected chi connectivity index (χ0v) is 14.0. The average Bonchev–Trinajstić information content (AvgIpc) is 2.42. The van der Waals surface area contributed by atoms with E-state index in [4.69, 9.17) is 0 Å². The molecule has 1 aliphatic heterocycles. The first-order valence-electron chi connectivity index (χ1n) is 7.69. The van der Waals surface area contributed by atoms with Gasteiger partial charge < -0.3 is 4.90 Å². The van der Waals surface area contributed by atoms with Gasteiger partial charge in [-0.15, -0.1) is 0 Å². The number of hydrogen-bond acceptors (Lipinski definition) is 3. The lowest BCUT2D eigenvalue weighted by Gasteiger charge is -2.32. The fourth-order valence-corrected chi connectivity index (χ4v) is 3.33. The molecule has 0 aliphatic carbocycles. The molecule has 0 unspecified atom stereocenters. The molecular formula is C16H26N2O2S. The van der Waals surface area contributed by atoms with E-state index >= 15 is 0 Å². The van der Waals surface area contributed by atoms with Crippen molar-refractivity contribution in [3.05, 3.63) is 29.3 Å². The predicted octanol–water partition coefficient (Wildman–Crippen LogP) is 2.50. The van der Waals surface area contributed by atoms with Crippen molar-refractivity contribution >= 4 is 15.7 Å². The fourth-order valence-electron chi connectivity index (χ4n) is 2.81. The van der Waals surface area contributed by atoms with Gasteiger partial charge in [-0.2, -0.15) is 0 Å². The summed E-state index contributed by atoms with van der Waals surface area (Å²) in [6.07, 6.45) is 4.36. The lowest BCUT2D eigenvalue weighted by atomic mass is 9.95. The summed E-state index contributed by atoms with van der Waals surface area (Å²) in [5.41, 5.74) is 4.16. The van der Waals surface area contributed by atoms with Crippen LogP contribution >= 0.6 is 0 Å². The first-order valence-corrected chi connectivity index (χ1v) is 9.58. The molecule has 1 aromatic carbocycles. The lowest BCUT2D eigenvalue weighted by Crippen LogP contribution is -2.33. The summed E-state index contributed by atoms with van der Waals surface area (Å²) in [6.45, 7) is 6.91. The van der Waals surface area contributed by atoms with Crippen LogP contribution in [0.25, 0.3) is 0 Å². The molecule has 0 aromatic heterocycles. The van der Waals surface area contributed by atoms with Crippen molar-refractivity contribution in [2.45, 2.75) is 39.0 Å². The molecule has 0 radical (unpaired) electrons. The SMILES string of the molecule is CC(C)c1ccc2c(c1)CCCN2CCCNS(C)(=O)=O. The van der Waals surface area contributed by atoms with Crippen molar-refractivity contribution in [3.63, 3.8) is 0 Å². The summed E-state index contributed by atoms with van der Waals surface area (Å²) in [7, 11) is -3.07. The molecule has 118 valence electrons. The number of anilines is 1. The second-order valence-corrected chi connectivity index (χ2v) is 7.99. The van der Waals surface area contributed by atoms with Crippen LogP contribution in [0.3, 0.4) is 0 Å². The maximum atomic E-state index is 11.1. The van der Waals surface area contributed by atoms with Gasteiger partial charge in [0.15, 0.2) is 0 Å². The molecule has 0 fully saturated rings. The quantitative estimate of drug-likeness (QED) is 0.821. The maximum absolute atomic E-state index is 11.1. The highest BCUT2D eigenvalue weighted by atomic mass is 32.2. The Morgan fingerprint density at radius 1 is 1.33 bits per heavy atom. The molecule has 1 heterocycles. The van der Waals surface area contributed by atoms with E-state index < -0.39 is 10.0 Å². The number of aryl methyl sites for hydroxylation is 1. The summed E-state index contributed by atoms with van der Waals surface area (Å²) < 4.78 is 24.7. The topological polar surface area (TPSA) is 49.4 Å². The van der Waals surface area contributed by atoms with Crippen LogP contribution in [0.1, 0.15) is 43.7 Å². The normalized spacial score (nSPS) is 15.3. The van der Waals surface area contributed by atoms with Crippen LogP contribution in [-0.4, -0.2) is 34.3 Å². The van der Waals surface area contributed by atoms with Crippen molar-refractivity contribution in [1.82, 2.24) is 4.72 Å². The number of nitrogens with zero attached hydrogens (tertiary/aromatic N) is 1. The number of benzene rings is 1. The molecule has 2 rings (SSSR count). The highest BCUT2D eigenvalue weighted by Crippen LogP contribution is 2.30. The molecule has 0 atom stereocenters. The van der Waals surface area contributed by atoms with Gasteiger partial charge >= 0.3 is 0 Å². The average molecular weight is 310 g/mol. The van der Waals surface area contributed by atoms with Crippen LogP contribution in [-0.2, 0) is 16.4 Å². The van der Waals surface area contributed by atoms with Gasteiger partial charge in [0, 0.05) is 25.3 Å². The third kappa shape index (κ3) is 4.71. The standard InChI is InChI=1S/C16H26N2O2S/c1-13(2)14-7-8-16-15(12-14)6-4-10-18(16)11-5-9-17-21(3,19)20/h7-8,12-13,17H,4-6,9-11H2,1-3H3. The molecule has 5 heteroatoms. The Kier molecular flexibility index (Phi) is 5.27. The van der Waals surface area contributed by atoms with Gasteiger partial charge in [-0.05, 0) is 42.4 Å². The predicted molar refractivity (Wildman–Crippen MR) is 88.5 cm³/mol. The van der Waals surface area contributed by atoms with Crippen molar-refractivity contribution in [3.8, 4) is 0 Å². The van der Waals surface area contributed by atoms with Gasteiger partial charge in [-0.3, -0.25) is 0 Å². The summed E-state index contributed by atoms with van der Waals surface area (Å²) >= 11 is 0. The Labute approximate surface area is 128 Å². The molecule has 0 bridgehead atoms. The summed E-state index contributed by atoms with van der Waals surface area (Å²) in [6, 6.07) is 6.78. The molecule has 0 saturated heterocycles. The smallest absolute Gasteiger partial charge is 0.208 e. The van der Waals surface area contributed by atoms with Crippen LogP contribution in [0, 0.1) is 0 Å². The van der Waals surface area contributed by atoms with Gasteiger partial charge in [0.1, 0.15) is 0 Å². The Hall–Kier alpha value is -1.07. The molecule has 0 saturated carbocycles. The molecule has 4 nitrogen and oxygen atoms in total. The largest absolute Gasteiger partial charge is 0.371 e.